The number of aromatic nitrogens is 1. The van der Waals surface area contributed by atoms with Crippen molar-refractivity contribution < 1.29 is 8.42 Å². The summed E-state index contributed by atoms with van der Waals surface area (Å²) in [6.07, 6.45) is 3.72. The predicted octanol–water partition coefficient (Wildman–Crippen LogP) is 1.83. The Morgan fingerprint density at radius 1 is 1.42 bits per heavy atom. The summed E-state index contributed by atoms with van der Waals surface area (Å²) in [7, 11) is -3.50. The average Bonchev–Trinajstić information content (AvgIpc) is 3.09. The van der Waals surface area contributed by atoms with Crippen LogP contribution in [0, 0.1) is 5.92 Å². The van der Waals surface area contributed by atoms with E-state index in [9.17, 15) is 8.42 Å². The molecule has 0 bridgehead atoms. The second kappa shape index (κ2) is 4.25. The molecule has 6 heteroatoms. The highest BCUT2D eigenvalue weighted by Crippen LogP contribution is 2.33. The second-order valence-corrected chi connectivity index (χ2v) is 6.89. The van der Waals surface area contributed by atoms with Crippen molar-refractivity contribution in [3.63, 3.8) is 0 Å². The zero-order valence-electron chi connectivity index (χ0n) is 10.7. The molecule has 1 aliphatic rings. The molecule has 1 aromatic carbocycles. The Morgan fingerprint density at radius 2 is 2.16 bits per heavy atom. The maximum atomic E-state index is 12.4. The monoisotopic (exact) mass is 279 g/mol. The number of H-pyrrole nitrogens is 1. The van der Waals surface area contributed by atoms with Gasteiger partial charge < -0.3 is 10.7 Å². The smallest absolute Gasteiger partial charge is 0.242 e. The highest BCUT2D eigenvalue weighted by Gasteiger charge is 2.31. The maximum Gasteiger partial charge on any atom is 0.242 e. The van der Waals surface area contributed by atoms with E-state index in [4.69, 9.17) is 5.73 Å². The molecule has 1 aliphatic carbocycles. The van der Waals surface area contributed by atoms with Crippen LogP contribution in [0.15, 0.2) is 29.3 Å². The van der Waals surface area contributed by atoms with E-state index in [1.807, 2.05) is 6.92 Å². The van der Waals surface area contributed by atoms with Crippen LogP contribution in [0.25, 0.3) is 10.9 Å². The van der Waals surface area contributed by atoms with Crippen LogP contribution in [0.2, 0.25) is 0 Å². The molecule has 1 aromatic heterocycles. The minimum atomic E-state index is -3.50. The van der Waals surface area contributed by atoms with E-state index in [0.29, 0.717) is 17.0 Å². The van der Waals surface area contributed by atoms with Crippen molar-refractivity contribution in [2.45, 2.75) is 30.7 Å². The predicted molar refractivity (Wildman–Crippen MR) is 75.2 cm³/mol. The number of aromatic amines is 1. The first-order valence-corrected chi connectivity index (χ1v) is 7.84. The molecule has 1 heterocycles. The van der Waals surface area contributed by atoms with Crippen LogP contribution >= 0.6 is 0 Å². The van der Waals surface area contributed by atoms with Crippen molar-refractivity contribution in [1.82, 2.24) is 9.71 Å². The summed E-state index contributed by atoms with van der Waals surface area (Å²) >= 11 is 0. The molecule has 1 saturated carbocycles. The molecule has 1 unspecified atom stereocenters. The molecule has 1 atom stereocenters. The number of nitrogen functional groups attached to an aromatic ring is 1. The number of fused-ring (bicyclic) bond motifs is 1. The summed E-state index contributed by atoms with van der Waals surface area (Å²) < 4.78 is 27.5. The molecule has 0 spiro atoms. The van der Waals surface area contributed by atoms with Gasteiger partial charge in [0.2, 0.25) is 10.0 Å². The van der Waals surface area contributed by atoms with Crippen LogP contribution in [0.4, 0.5) is 5.69 Å². The van der Waals surface area contributed by atoms with Gasteiger partial charge in [0.15, 0.2) is 0 Å². The molecule has 4 N–H and O–H groups in total. The molecule has 19 heavy (non-hydrogen) atoms. The van der Waals surface area contributed by atoms with Crippen molar-refractivity contribution >= 4 is 26.6 Å². The minimum absolute atomic E-state index is 0.0176. The lowest BCUT2D eigenvalue weighted by molar-refractivity contribution is 0.539. The van der Waals surface area contributed by atoms with Gasteiger partial charge >= 0.3 is 0 Å². The Labute approximate surface area is 112 Å². The first-order chi connectivity index (χ1) is 8.97. The zero-order chi connectivity index (χ0) is 13.6. The Morgan fingerprint density at radius 3 is 2.84 bits per heavy atom. The van der Waals surface area contributed by atoms with Crippen LogP contribution in [-0.2, 0) is 10.0 Å². The van der Waals surface area contributed by atoms with Gasteiger partial charge in [-0.1, -0.05) is 0 Å². The zero-order valence-corrected chi connectivity index (χ0v) is 11.5. The van der Waals surface area contributed by atoms with E-state index >= 15 is 0 Å². The number of hydrogen-bond donors (Lipinski definition) is 3. The first kappa shape index (κ1) is 12.5. The SMILES string of the molecule is CC(NS(=O)(=O)c1c[nH]c2ccc(N)cc12)C1CC1. The largest absolute Gasteiger partial charge is 0.399 e. The number of anilines is 1. The van der Waals surface area contributed by atoms with Crippen LogP contribution < -0.4 is 10.5 Å². The molecule has 0 radical (unpaired) electrons. The molecular formula is C13H17N3O2S. The van der Waals surface area contributed by atoms with E-state index in [-0.39, 0.29) is 10.9 Å². The van der Waals surface area contributed by atoms with E-state index in [1.165, 1.54) is 6.20 Å². The average molecular weight is 279 g/mol. The second-order valence-electron chi connectivity index (χ2n) is 5.21. The summed E-state index contributed by atoms with van der Waals surface area (Å²) in [5, 5.41) is 0.635. The van der Waals surface area contributed by atoms with Gasteiger partial charge in [-0.05, 0) is 43.9 Å². The number of sulfonamides is 1. The Bertz CT molecular complexity index is 717. The number of nitrogens with one attached hydrogen (secondary N) is 2. The van der Waals surface area contributed by atoms with Crippen molar-refractivity contribution in [2.24, 2.45) is 5.92 Å². The summed E-state index contributed by atoms with van der Waals surface area (Å²) in [4.78, 5) is 3.23. The van der Waals surface area contributed by atoms with E-state index in [0.717, 1.165) is 18.4 Å². The molecule has 5 nitrogen and oxygen atoms in total. The number of rotatable bonds is 4. The minimum Gasteiger partial charge on any atom is -0.399 e. The van der Waals surface area contributed by atoms with E-state index in [2.05, 4.69) is 9.71 Å². The highest BCUT2D eigenvalue weighted by molar-refractivity contribution is 7.89. The van der Waals surface area contributed by atoms with Crippen molar-refractivity contribution in [2.75, 3.05) is 5.73 Å². The van der Waals surface area contributed by atoms with Crippen LogP contribution in [0.3, 0.4) is 0 Å². The number of nitrogens with two attached hydrogens (primary N) is 1. The molecule has 0 saturated heterocycles. The van der Waals surface area contributed by atoms with Crippen molar-refractivity contribution in [1.29, 1.82) is 0 Å². The fourth-order valence-electron chi connectivity index (χ4n) is 2.34. The van der Waals surface area contributed by atoms with Crippen molar-refractivity contribution in [3.05, 3.63) is 24.4 Å². The summed E-state index contributed by atoms with van der Waals surface area (Å²) in [5.41, 5.74) is 7.05. The summed E-state index contributed by atoms with van der Waals surface area (Å²) in [6, 6.07) is 5.20. The fraction of sp³-hybridized carbons (Fsp3) is 0.385. The van der Waals surface area contributed by atoms with E-state index < -0.39 is 10.0 Å². The normalized spacial score (nSPS) is 17.7. The van der Waals surface area contributed by atoms with E-state index in [1.54, 1.807) is 18.2 Å². The molecule has 102 valence electrons. The number of benzene rings is 1. The Kier molecular flexibility index (Phi) is 2.79. The standard InChI is InChI=1S/C13H17N3O2S/c1-8(9-2-3-9)16-19(17,18)13-7-15-12-5-4-10(14)6-11(12)13/h4-9,15-16H,2-3,14H2,1H3. The molecular weight excluding hydrogens is 262 g/mol. The van der Waals surface area contributed by atoms with Gasteiger partial charge in [0.25, 0.3) is 0 Å². The first-order valence-electron chi connectivity index (χ1n) is 6.36. The molecule has 0 amide bonds. The highest BCUT2D eigenvalue weighted by atomic mass is 32.2. The maximum absolute atomic E-state index is 12.4. The third-order valence-electron chi connectivity index (χ3n) is 3.63. The van der Waals surface area contributed by atoms with Gasteiger partial charge in [0.05, 0.1) is 0 Å². The van der Waals surface area contributed by atoms with Crippen LogP contribution in [0.1, 0.15) is 19.8 Å². The third kappa shape index (κ3) is 2.33. The lowest BCUT2D eigenvalue weighted by Crippen LogP contribution is -2.33. The molecule has 3 rings (SSSR count). The Balaban J connectivity index is 2.00. The van der Waals surface area contributed by atoms with Gasteiger partial charge in [0.1, 0.15) is 4.90 Å². The lowest BCUT2D eigenvalue weighted by atomic mass is 10.2. The van der Waals surface area contributed by atoms with Gasteiger partial charge in [0, 0.05) is 28.8 Å². The van der Waals surface area contributed by atoms with Gasteiger partial charge in [-0.15, -0.1) is 0 Å². The molecule has 1 fully saturated rings. The van der Waals surface area contributed by atoms with Crippen LogP contribution in [-0.4, -0.2) is 19.4 Å². The molecule has 2 aromatic rings. The molecule has 0 aliphatic heterocycles. The van der Waals surface area contributed by atoms with Gasteiger partial charge in [-0.25, -0.2) is 13.1 Å². The Hall–Kier alpha value is -1.53. The fourth-order valence-corrected chi connectivity index (χ4v) is 3.82. The summed E-state index contributed by atoms with van der Waals surface area (Å²) in [5.74, 6) is 0.477. The van der Waals surface area contributed by atoms with Gasteiger partial charge in [-0.3, -0.25) is 0 Å². The van der Waals surface area contributed by atoms with Gasteiger partial charge in [-0.2, -0.15) is 0 Å². The lowest BCUT2D eigenvalue weighted by Gasteiger charge is -2.12. The number of hydrogen-bond acceptors (Lipinski definition) is 3. The third-order valence-corrected chi connectivity index (χ3v) is 5.23. The summed E-state index contributed by atoms with van der Waals surface area (Å²) in [6.45, 7) is 1.92. The van der Waals surface area contributed by atoms with Crippen molar-refractivity contribution in [3.8, 4) is 0 Å². The topological polar surface area (TPSA) is 88.0 Å². The quantitative estimate of drug-likeness (QED) is 0.746. The van der Waals surface area contributed by atoms with Crippen LogP contribution in [0.5, 0.6) is 0 Å².